The SMILES string of the molecule is CN1CCN(Cc2ccc(C34CC(C(F)(F)[C@@](O)(Cn5cnnn5)c5ccc(F)cc5F)(C3)C4)cc2)CC1. The highest BCUT2D eigenvalue weighted by atomic mass is 19.3. The van der Waals surface area contributed by atoms with Crippen molar-refractivity contribution in [1.29, 1.82) is 0 Å². The van der Waals surface area contributed by atoms with Crippen molar-refractivity contribution in [3.8, 4) is 0 Å². The van der Waals surface area contributed by atoms with E-state index in [9.17, 15) is 13.9 Å². The van der Waals surface area contributed by atoms with Crippen molar-refractivity contribution in [2.45, 2.75) is 49.3 Å². The van der Waals surface area contributed by atoms with E-state index in [2.05, 4.69) is 44.5 Å². The van der Waals surface area contributed by atoms with Crippen LogP contribution in [0.1, 0.15) is 36.0 Å². The minimum atomic E-state index is -3.73. The topological polar surface area (TPSA) is 70.3 Å². The third kappa shape index (κ3) is 3.85. The van der Waals surface area contributed by atoms with E-state index in [0.717, 1.165) is 61.4 Å². The summed E-state index contributed by atoms with van der Waals surface area (Å²) in [7, 11) is 2.12. The van der Waals surface area contributed by atoms with Crippen LogP contribution in [0.15, 0.2) is 48.8 Å². The summed E-state index contributed by atoms with van der Waals surface area (Å²) in [5.74, 6) is -5.88. The van der Waals surface area contributed by atoms with Crippen molar-refractivity contribution in [2.75, 3.05) is 33.2 Å². The molecular weight excluding hydrogens is 500 g/mol. The third-order valence-electron chi connectivity index (χ3n) is 8.94. The molecular formula is C27H30F4N6O. The number of likely N-dealkylation sites (N-methyl/N-ethyl adjacent to an activating group) is 1. The van der Waals surface area contributed by atoms with Crippen LogP contribution in [0.4, 0.5) is 17.6 Å². The minimum absolute atomic E-state index is 0.172. The van der Waals surface area contributed by atoms with E-state index in [1.807, 2.05) is 12.1 Å². The Bertz CT molecular complexity index is 1290. The van der Waals surface area contributed by atoms with Crippen LogP contribution in [-0.4, -0.2) is 74.3 Å². The molecule has 1 saturated heterocycles. The van der Waals surface area contributed by atoms with Crippen LogP contribution in [0, 0.1) is 17.0 Å². The zero-order chi connectivity index (χ0) is 26.8. The highest BCUT2D eigenvalue weighted by Crippen LogP contribution is 2.80. The number of nitrogens with zero attached hydrogens (tertiary/aromatic N) is 6. The molecule has 0 unspecified atom stereocenters. The van der Waals surface area contributed by atoms with Gasteiger partial charge in [0.2, 0.25) is 0 Å². The van der Waals surface area contributed by atoms with Crippen molar-refractivity contribution >= 4 is 0 Å². The van der Waals surface area contributed by atoms with Gasteiger partial charge < -0.3 is 10.0 Å². The van der Waals surface area contributed by atoms with Crippen molar-refractivity contribution in [1.82, 2.24) is 30.0 Å². The molecule has 202 valence electrons. The number of aliphatic hydroxyl groups is 1. The van der Waals surface area contributed by atoms with Crippen LogP contribution in [0.2, 0.25) is 0 Å². The summed E-state index contributed by atoms with van der Waals surface area (Å²) < 4.78 is 62.0. The van der Waals surface area contributed by atoms with Gasteiger partial charge in [-0.2, -0.15) is 0 Å². The molecule has 2 bridgehead atoms. The van der Waals surface area contributed by atoms with Crippen LogP contribution in [0.5, 0.6) is 0 Å². The van der Waals surface area contributed by atoms with Crippen LogP contribution in [-0.2, 0) is 24.1 Å². The van der Waals surface area contributed by atoms with Crippen molar-refractivity contribution in [3.63, 3.8) is 0 Å². The van der Waals surface area contributed by atoms with Crippen LogP contribution in [0.3, 0.4) is 0 Å². The van der Waals surface area contributed by atoms with Crippen LogP contribution in [0.25, 0.3) is 0 Å². The predicted octanol–water partition coefficient (Wildman–Crippen LogP) is 3.34. The van der Waals surface area contributed by atoms with Crippen molar-refractivity contribution in [2.24, 2.45) is 5.41 Å². The molecule has 1 N–H and O–H groups in total. The lowest BCUT2D eigenvalue weighted by atomic mass is 9.30. The predicted molar refractivity (Wildman–Crippen MR) is 130 cm³/mol. The molecule has 0 amide bonds. The maximum atomic E-state index is 16.3. The summed E-state index contributed by atoms with van der Waals surface area (Å²) in [5, 5.41) is 22.0. The van der Waals surface area contributed by atoms with Gasteiger partial charge in [0, 0.05) is 49.8 Å². The molecule has 1 aromatic heterocycles. The number of halogens is 4. The third-order valence-corrected chi connectivity index (χ3v) is 8.94. The van der Waals surface area contributed by atoms with Crippen molar-refractivity contribution < 1.29 is 22.7 Å². The Morgan fingerprint density at radius 1 is 0.974 bits per heavy atom. The smallest absolute Gasteiger partial charge is 0.287 e. The number of aromatic nitrogens is 4. The van der Waals surface area contributed by atoms with E-state index in [0.29, 0.717) is 6.07 Å². The molecule has 3 aromatic rings. The van der Waals surface area contributed by atoms with Gasteiger partial charge in [-0.15, -0.1) is 5.10 Å². The van der Waals surface area contributed by atoms with Gasteiger partial charge in [0.1, 0.15) is 18.0 Å². The summed E-state index contributed by atoms with van der Waals surface area (Å²) in [6, 6.07) is 10.4. The Hall–Kier alpha value is -2.89. The molecule has 7 nitrogen and oxygen atoms in total. The first kappa shape index (κ1) is 25.4. The quantitative estimate of drug-likeness (QED) is 0.451. The lowest BCUT2D eigenvalue weighted by Crippen LogP contribution is -2.76. The second kappa shape index (κ2) is 8.82. The Kier molecular flexibility index (Phi) is 5.89. The van der Waals surface area contributed by atoms with E-state index in [1.165, 1.54) is 5.56 Å². The molecule has 3 saturated carbocycles. The fourth-order valence-corrected chi connectivity index (χ4v) is 6.76. The van der Waals surface area contributed by atoms with Crippen molar-refractivity contribution in [3.05, 3.63) is 77.1 Å². The van der Waals surface area contributed by atoms with Gasteiger partial charge in [-0.1, -0.05) is 24.3 Å². The summed E-state index contributed by atoms with van der Waals surface area (Å²) in [4.78, 5) is 4.72. The number of piperazine rings is 1. The average molecular weight is 531 g/mol. The fourth-order valence-electron chi connectivity index (χ4n) is 6.76. The van der Waals surface area contributed by atoms with Gasteiger partial charge in [0.05, 0.1) is 6.54 Å². The van der Waals surface area contributed by atoms with Crippen LogP contribution >= 0.6 is 0 Å². The summed E-state index contributed by atoms with van der Waals surface area (Å²) in [6.07, 6.45) is 1.60. The lowest BCUT2D eigenvalue weighted by molar-refractivity contribution is -0.347. The number of rotatable bonds is 8. The zero-order valence-electron chi connectivity index (χ0n) is 21.1. The summed E-state index contributed by atoms with van der Waals surface area (Å²) in [5.41, 5.74) is -3.34. The first-order valence-corrected chi connectivity index (χ1v) is 12.8. The van der Waals surface area contributed by atoms with Gasteiger partial charge >= 0.3 is 0 Å². The minimum Gasteiger partial charge on any atom is -0.377 e. The standard InChI is InChI=1S/C27H30F4N6O/c1-35-8-10-36(11-9-35)13-19-2-4-20(5-3-19)24-14-25(15-24,16-24)27(30,31)26(38,17-37-18-32-33-34-37)22-7-6-21(28)12-23(22)29/h2-7,12,18,38H,8-11,13-17H2,1H3/t24?,25?,26-/m1/s1. The normalized spacial score (nSPS) is 27.4. The van der Waals surface area contributed by atoms with Gasteiger partial charge in [-0.25, -0.2) is 22.2 Å². The van der Waals surface area contributed by atoms with Gasteiger partial charge in [-0.3, -0.25) is 4.90 Å². The number of alkyl halides is 2. The monoisotopic (exact) mass is 530 g/mol. The molecule has 3 aliphatic carbocycles. The number of benzene rings is 2. The molecule has 0 spiro atoms. The maximum Gasteiger partial charge on any atom is 0.287 e. The van der Waals surface area contributed by atoms with E-state index >= 15 is 8.78 Å². The zero-order valence-corrected chi connectivity index (χ0v) is 21.1. The van der Waals surface area contributed by atoms with Gasteiger partial charge in [-0.05, 0) is 65.4 Å². The van der Waals surface area contributed by atoms with Gasteiger partial charge in [0.25, 0.3) is 5.92 Å². The second-order valence-electron chi connectivity index (χ2n) is 11.4. The highest BCUT2D eigenvalue weighted by molar-refractivity contribution is 5.43. The van der Waals surface area contributed by atoms with Gasteiger partial charge in [0.15, 0.2) is 5.60 Å². The first-order chi connectivity index (χ1) is 18.1. The molecule has 2 aromatic carbocycles. The lowest BCUT2D eigenvalue weighted by Gasteiger charge is -2.74. The Balaban J connectivity index is 1.21. The molecule has 1 atom stereocenters. The molecule has 4 fully saturated rings. The number of hydrogen-bond donors (Lipinski definition) is 1. The molecule has 11 heteroatoms. The molecule has 7 rings (SSSR count). The van der Waals surface area contributed by atoms with Crippen LogP contribution < -0.4 is 0 Å². The number of tetrazole rings is 1. The molecule has 1 aliphatic heterocycles. The van der Waals surface area contributed by atoms with E-state index in [1.54, 1.807) is 0 Å². The Morgan fingerprint density at radius 2 is 1.66 bits per heavy atom. The average Bonchev–Trinajstić information content (AvgIpc) is 3.32. The number of hydrogen-bond acceptors (Lipinski definition) is 6. The molecule has 2 heterocycles. The molecule has 38 heavy (non-hydrogen) atoms. The summed E-state index contributed by atoms with van der Waals surface area (Å²) >= 11 is 0. The van der Waals surface area contributed by atoms with E-state index < -0.39 is 40.7 Å². The molecule has 4 aliphatic rings. The Labute approximate surface area is 218 Å². The van der Waals surface area contributed by atoms with E-state index in [-0.39, 0.29) is 24.7 Å². The largest absolute Gasteiger partial charge is 0.377 e. The first-order valence-electron chi connectivity index (χ1n) is 12.8. The summed E-state index contributed by atoms with van der Waals surface area (Å²) in [6.45, 7) is 4.20. The fraction of sp³-hybridized carbons (Fsp3) is 0.519. The second-order valence-corrected chi connectivity index (χ2v) is 11.4. The van der Waals surface area contributed by atoms with E-state index in [4.69, 9.17) is 0 Å². The maximum absolute atomic E-state index is 16.3. The highest BCUT2D eigenvalue weighted by Gasteiger charge is 2.82. The molecule has 0 radical (unpaired) electrons. The Morgan fingerprint density at radius 3 is 2.26 bits per heavy atom.